The molecule has 0 saturated carbocycles. The molecule has 1 rings (SSSR count). The van der Waals surface area contributed by atoms with Crippen molar-refractivity contribution in [1.29, 1.82) is 0 Å². The molecule has 20 heavy (non-hydrogen) atoms. The van der Waals surface area contributed by atoms with Crippen molar-refractivity contribution in [1.82, 2.24) is 5.32 Å². The number of alkyl halides is 2. The fraction of sp³-hybridized carbons (Fsp3) is 0.625. The topological polar surface area (TPSA) is 21.3 Å². The van der Waals surface area contributed by atoms with Crippen molar-refractivity contribution in [2.75, 3.05) is 0 Å². The molecule has 1 N–H and O–H groups in total. The minimum Gasteiger partial charge on any atom is -0.435 e. The van der Waals surface area contributed by atoms with E-state index in [2.05, 4.69) is 30.8 Å². The van der Waals surface area contributed by atoms with Crippen LogP contribution in [0.25, 0.3) is 0 Å². The number of rotatable bonds is 9. The zero-order valence-corrected chi connectivity index (χ0v) is 12.5. The van der Waals surface area contributed by atoms with Crippen LogP contribution in [0.1, 0.15) is 45.6 Å². The molecule has 2 atom stereocenters. The van der Waals surface area contributed by atoms with Crippen molar-refractivity contribution in [3.05, 3.63) is 29.8 Å². The van der Waals surface area contributed by atoms with E-state index in [0.717, 1.165) is 18.5 Å². The van der Waals surface area contributed by atoms with Crippen LogP contribution in [0.5, 0.6) is 5.75 Å². The molecule has 0 saturated heterocycles. The number of hydrogen-bond donors (Lipinski definition) is 1. The maximum absolute atomic E-state index is 12.0. The van der Waals surface area contributed by atoms with Gasteiger partial charge in [0.1, 0.15) is 5.75 Å². The molecule has 2 nitrogen and oxygen atoms in total. The predicted octanol–water partition coefficient (Wildman–Crippen LogP) is 4.59. The summed E-state index contributed by atoms with van der Waals surface area (Å²) in [5.41, 5.74) is 1.08. The summed E-state index contributed by atoms with van der Waals surface area (Å²) in [7, 11) is 0. The van der Waals surface area contributed by atoms with Gasteiger partial charge in [-0.1, -0.05) is 39.3 Å². The lowest BCUT2D eigenvalue weighted by molar-refractivity contribution is -0.0498. The Morgan fingerprint density at radius 2 is 1.75 bits per heavy atom. The molecule has 4 heteroatoms. The van der Waals surface area contributed by atoms with Crippen LogP contribution in [-0.4, -0.2) is 12.7 Å². The smallest absolute Gasteiger partial charge is 0.387 e. The van der Waals surface area contributed by atoms with Crippen molar-refractivity contribution in [3.63, 3.8) is 0 Å². The van der Waals surface area contributed by atoms with Crippen LogP contribution in [0.3, 0.4) is 0 Å². The lowest BCUT2D eigenvalue weighted by Gasteiger charge is -2.20. The molecule has 0 aliphatic carbocycles. The van der Waals surface area contributed by atoms with Gasteiger partial charge in [-0.05, 0) is 36.5 Å². The van der Waals surface area contributed by atoms with Gasteiger partial charge in [0.25, 0.3) is 0 Å². The van der Waals surface area contributed by atoms with Crippen LogP contribution in [0.15, 0.2) is 24.3 Å². The molecule has 0 bridgehead atoms. The zero-order chi connectivity index (χ0) is 15.0. The highest BCUT2D eigenvalue weighted by atomic mass is 19.3. The number of benzene rings is 1. The molecule has 114 valence electrons. The van der Waals surface area contributed by atoms with Crippen LogP contribution >= 0.6 is 0 Å². The van der Waals surface area contributed by atoms with Gasteiger partial charge in [0.15, 0.2) is 0 Å². The first-order valence-electron chi connectivity index (χ1n) is 7.32. The Morgan fingerprint density at radius 3 is 2.25 bits per heavy atom. The van der Waals surface area contributed by atoms with Crippen LogP contribution in [0, 0.1) is 5.92 Å². The molecule has 2 unspecified atom stereocenters. The third kappa shape index (κ3) is 6.33. The Morgan fingerprint density at radius 1 is 1.10 bits per heavy atom. The number of hydrogen-bond acceptors (Lipinski definition) is 2. The second-order valence-electron chi connectivity index (χ2n) is 5.26. The van der Waals surface area contributed by atoms with Gasteiger partial charge in [-0.15, -0.1) is 0 Å². The first kappa shape index (κ1) is 16.9. The van der Waals surface area contributed by atoms with E-state index in [4.69, 9.17) is 0 Å². The molecule has 0 aliphatic heterocycles. The van der Waals surface area contributed by atoms with Gasteiger partial charge >= 0.3 is 6.61 Å². The Balaban J connectivity index is 2.43. The van der Waals surface area contributed by atoms with Gasteiger partial charge in [0.2, 0.25) is 0 Å². The van der Waals surface area contributed by atoms with E-state index < -0.39 is 6.61 Å². The van der Waals surface area contributed by atoms with Crippen LogP contribution in [0.4, 0.5) is 8.78 Å². The summed E-state index contributed by atoms with van der Waals surface area (Å²) < 4.78 is 28.4. The molecule has 0 spiro atoms. The third-order valence-electron chi connectivity index (χ3n) is 3.62. The molecule has 0 heterocycles. The van der Waals surface area contributed by atoms with Crippen molar-refractivity contribution >= 4 is 0 Å². The lowest BCUT2D eigenvalue weighted by Crippen LogP contribution is -2.29. The van der Waals surface area contributed by atoms with Crippen molar-refractivity contribution < 1.29 is 13.5 Å². The van der Waals surface area contributed by atoms with Gasteiger partial charge < -0.3 is 10.1 Å². The molecular weight excluding hydrogens is 260 g/mol. The van der Waals surface area contributed by atoms with E-state index in [1.807, 2.05) is 12.1 Å². The van der Waals surface area contributed by atoms with Crippen molar-refractivity contribution in [2.45, 2.75) is 59.2 Å². The van der Waals surface area contributed by atoms with Gasteiger partial charge in [-0.25, -0.2) is 0 Å². The highest BCUT2D eigenvalue weighted by Crippen LogP contribution is 2.16. The third-order valence-corrected chi connectivity index (χ3v) is 3.62. The SMILES string of the molecule is CCC(C)CC(CC)NCc1ccc(OC(F)F)cc1. The number of ether oxygens (including phenoxy) is 1. The highest BCUT2D eigenvalue weighted by molar-refractivity contribution is 5.27. The molecule has 1 aromatic carbocycles. The minimum absolute atomic E-state index is 0.204. The Kier molecular flexibility index (Phi) is 7.52. The summed E-state index contributed by atoms with van der Waals surface area (Å²) in [6.45, 7) is 4.64. The van der Waals surface area contributed by atoms with Gasteiger partial charge in [0.05, 0.1) is 0 Å². The summed E-state index contributed by atoms with van der Waals surface area (Å²) >= 11 is 0. The van der Waals surface area contributed by atoms with E-state index in [9.17, 15) is 8.78 Å². The summed E-state index contributed by atoms with van der Waals surface area (Å²) in [5, 5.41) is 3.52. The second kappa shape index (κ2) is 8.90. The molecule has 0 aliphatic rings. The average Bonchev–Trinajstić information content (AvgIpc) is 2.44. The number of halogens is 2. The first-order chi connectivity index (χ1) is 9.55. The summed E-state index contributed by atoms with van der Waals surface area (Å²) in [4.78, 5) is 0. The summed E-state index contributed by atoms with van der Waals surface area (Å²) in [6, 6.07) is 7.31. The van der Waals surface area contributed by atoms with E-state index in [1.54, 1.807) is 12.1 Å². The Hall–Kier alpha value is -1.16. The molecular formula is C16H25F2NO. The van der Waals surface area contributed by atoms with E-state index in [1.165, 1.54) is 12.8 Å². The van der Waals surface area contributed by atoms with Crippen molar-refractivity contribution in [2.24, 2.45) is 5.92 Å². The maximum Gasteiger partial charge on any atom is 0.387 e. The van der Waals surface area contributed by atoms with Gasteiger partial charge in [0, 0.05) is 12.6 Å². The molecule has 0 aromatic heterocycles. The summed E-state index contributed by atoms with van der Waals surface area (Å²) in [5.74, 6) is 0.921. The largest absolute Gasteiger partial charge is 0.435 e. The second-order valence-corrected chi connectivity index (χ2v) is 5.26. The monoisotopic (exact) mass is 285 g/mol. The Bertz CT molecular complexity index is 367. The molecule has 0 fully saturated rings. The lowest BCUT2D eigenvalue weighted by atomic mass is 9.97. The van der Waals surface area contributed by atoms with Gasteiger partial charge in [-0.3, -0.25) is 0 Å². The predicted molar refractivity (Wildman–Crippen MR) is 78.1 cm³/mol. The molecule has 0 radical (unpaired) electrons. The van der Waals surface area contributed by atoms with Crippen LogP contribution in [0.2, 0.25) is 0 Å². The molecule has 1 aromatic rings. The zero-order valence-electron chi connectivity index (χ0n) is 12.5. The normalized spacial score (nSPS) is 14.3. The fourth-order valence-electron chi connectivity index (χ4n) is 2.10. The quantitative estimate of drug-likeness (QED) is 0.716. The minimum atomic E-state index is -2.76. The maximum atomic E-state index is 12.0. The summed E-state index contributed by atoms with van der Waals surface area (Å²) in [6.07, 6.45) is 3.45. The van der Waals surface area contributed by atoms with Gasteiger partial charge in [-0.2, -0.15) is 8.78 Å². The average molecular weight is 285 g/mol. The molecule has 0 amide bonds. The van der Waals surface area contributed by atoms with E-state index >= 15 is 0 Å². The van der Waals surface area contributed by atoms with Crippen LogP contribution in [-0.2, 0) is 6.54 Å². The van der Waals surface area contributed by atoms with Crippen molar-refractivity contribution in [3.8, 4) is 5.75 Å². The highest BCUT2D eigenvalue weighted by Gasteiger charge is 2.10. The van der Waals surface area contributed by atoms with Crippen LogP contribution < -0.4 is 10.1 Å². The fourth-order valence-corrected chi connectivity index (χ4v) is 2.10. The van der Waals surface area contributed by atoms with E-state index in [0.29, 0.717) is 12.0 Å². The standard InChI is InChI=1S/C16H25F2NO/c1-4-12(3)10-14(5-2)19-11-13-6-8-15(9-7-13)20-16(17)18/h6-9,12,14,16,19H,4-5,10-11H2,1-3H3. The Labute approximate surface area is 120 Å². The number of nitrogens with one attached hydrogen (secondary N) is 1. The first-order valence-corrected chi connectivity index (χ1v) is 7.32. The van der Waals surface area contributed by atoms with E-state index in [-0.39, 0.29) is 5.75 Å².